The van der Waals surface area contributed by atoms with Gasteiger partial charge in [0, 0.05) is 23.4 Å². The smallest absolute Gasteiger partial charge is 0.308 e. The number of amides is 2. The molecule has 0 atom stereocenters. The summed E-state index contributed by atoms with van der Waals surface area (Å²) in [5.41, 5.74) is 2.36. The molecule has 0 spiro atoms. The van der Waals surface area contributed by atoms with E-state index in [1.165, 1.54) is 13.0 Å². The molecule has 0 aliphatic rings. The highest BCUT2D eigenvalue weighted by molar-refractivity contribution is 9.10. The minimum atomic E-state index is -0.464. The Hall–Kier alpha value is -3.45. The van der Waals surface area contributed by atoms with Crippen LogP contribution in [0.15, 0.2) is 77.3 Å². The standard InChI is InChI=1S/C24H21BrN2O4/c1-16(28)31-20-9-5-7-18(15-20)24(30)27-22-11-3-2-10-21(22)26-23(29)13-12-17-6-4-8-19(25)14-17/h2-11,14-15H,12-13H2,1H3,(H,26,29)(H,27,30). The molecule has 0 unspecified atom stereocenters. The van der Waals surface area contributed by atoms with Crippen molar-refractivity contribution < 1.29 is 19.1 Å². The lowest BCUT2D eigenvalue weighted by atomic mass is 10.1. The van der Waals surface area contributed by atoms with Crippen LogP contribution in [0.2, 0.25) is 0 Å². The van der Waals surface area contributed by atoms with Crippen molar-refractivity contribution in [2.45, 2.75) is 19.8 Å². The second-order valence-electron chi connectivity index (χ2n) is 6.80. The first-order valence-electron chi connectivity index (χ1n) is 9.64. The van der Waals surface area contributed by atoms with Crippen LogP contribution in [-0.2, 0) is 16.0 Å². The zero-order valence-corrected chi connectivity index (χ0v) is 18.4. The Kier molecular flexibility index (Phi) is 7.56. The lowest BCUT2D eigenvalue weighted by molar-refractivity contribution is -0.131. The van der Waals surface area contributed by atoms with E-state index in [4.69, 9.17) is 4.74 Å². The van der Waals surface area contributed by atoms with Gasteiger partial charge in [-0.1, -0.05) is 46.3 Å². The van der Waals surface area contributed by atoms with Gasteiger partial charge in [0.2, 0.25) is 5.91 Å². The van der Waals surface area contributed by atoms with Crippen molar-refractivity contribution in [2.75, 3.05) is 10.6 Å². The summed E-state index contributed by atoms with van der Waals surface area (Å²) in [6.07, 6.45) is 0.909. The molecule has 0 saturated carbocycles. The maximum Gasteiger partial charge on any atom is 0.308 e. The molecule has 3 aromatic rings. The predicted molar refractivity (Wildman–Crippen MR) is 123 cm³/mol. The number of hydrogen-bond donors (Lipinski definition) is 2. The molecule has 2 N–H and O–H groups in total. The van der Waals surface area contributed by atoms with Gasteiger partial charge in [0.15, 0.2) is 0 Å². The number of rotatable bonds is 7. The number of aryl methyl sites for hydroxylation is 1. The summed E-state index contributed by atoms with van der Waals surface area (Å²) >= 11 is 3.43. The highest BCUT2D eigenvalue weighted by Gasteiger charge is 2.12. The molecule has 3 rings (SSSR count). The van der Waals surface area contributed by atoms with Crippen molar-refractivity contribution in [3.63, 3.8) is 0 Å². The van der Waals surface area contributed by atoms with Gasteiger partial charge >= 0.3 is 5.97 Å². The average Bonchev–Trinajstić information content (AvgIpc) is 2.73. The molecule has 0 aliphatic carbocycles. The molecule has 0 aliphatic heterocycles. The van der Waals surface area contributed by atoms with E-state index in [0.29, 0.717) is 29.8 Å². The van der Waals surface area contributed by atoms with Gasteiger partial charge in [0.25, 0.3) is 5.91 Å². The first kappa shape index (κ1) is 22.2. The van der Waals surface area contributed by atoms with E-state index in [-0.39, 0.29) is 17.6 Å². The minimum Gasteiger partial charge on any atom is -0.427 e. The summed E-state index contributed by atoms with van der Waals surface area (Å²) in [4.78, 5) is 36.2. The van der Waals surface area contributed by atoms with E-state index in [9.17, 15) is 14.4 Å². The number of anilines is 2. The summed E-state index contributed by atoms with van der Waals surface area (Å²) in [7, 11) is 0. The summed E-state index contributed by atoms with van der Waals surface area (Å²) in [6, 6.07) is 21.1. The Balaban J connectivity index is 1.65. The van der Waals surface area contributed by atoms with Gasteiger partial charge in [-0.3, -0.25) is 14.4 Å². The Morgan fingerprint density at radius 1 is 0.871 bits per heavy atom. The van der Waals surface area contributed by atoms with Gasteiger partial charge in [-0.2, -0.15) is 0 Å². The molecule has 0 radical (unpaired) electrons. The fourth-order valence-corrected chi connectivity index (χ4v) is 3.37. The SMILES string of the molecule is CC(=O)Oc1cccc(C(=O)Nc2ccccc2NC(=O)CCc2cccc(Br)c2)c1. The summed E-state index contributed by atoms with van der Waals surface area (Å²) in [5, 5.41) is 5.65. The van der Waals surface area contributed by atoms with Crippen LogP contribution in [0.5, 0.6) is 5.75 Å². The summed E-state index contributed by atoms with van der Waals surface area (Å²) in [6.45, 7) is 1.29. The maximum absolute atomic E-state index is 12.7. The van der Waals surface area contributed by atoms with E-state index >= 15 is 0 Å². The second kappa shape index (κ2) is 10.5. The summed E-state index contributed by atoms with van der Waals surface area (Å²) < 4.78 is 5.99. The van der Waals surface area contributed by atoms with Crippen molar-refractivity contribution in [3.8, 4) is 5.75 Å². The number of carbonyl (C=O) groups excluding carboxylic acids is 3. The lowest BCUT2D eigenvalue weighted by Gasteiger charge is -2.13. The normalized spacial score (nSPS) is 10.3. The largest absolute Gasteiger partial charge is 0.427 e. The van der Waals surface area contributed by atoms with Crippen molar-refractivity contribution in [1.82, 2.24) is 0 Å². The molecule has 3 aromatic carbocycles. The highest BCUT2D eigenvalue weighted by Crippen LogP contribution is 2.23. The van der Waals surface area contributed by atoms with E-state index in [0.717, 1.165) is 10.0 Å². The summed E-state index contributed by atoms with van der Waals surface area (Å²) in [5.74, 6) is -0.717. The molecular formula is C24H21BrN2O4. The van der Waals surface area contributed by atoms with Crippen LogP contribution >= 0.6 is 15.9 Å². The van der Waals surface area contributed by atoms with E-state index in [1.807, 2.05) is 24.3 Å². The number of esters is 1. The van der Waals surface area contributed by atoms with Crippen LogP contribution in [0.1, 0.15) is 29.3 Å². The van der Waals surface area contributed by atoms with Crippen LogP contribution in [0.25, 0.3) is 0 Å². The Bertz CT molecular complexity index is 1110. The number of para-hydroxylation sites is 2. The molecular weight excluding hydrogens is 460 g/mol. The zero-order chi connectivity index (χ0) is 22.2. The van der Waals surface area contributed by atoms with Crippen LogP contribution in [0, 0.1) is 0 Å². The topological polar surface area (TPSA) is 84.5 Å². The van der Waals surface area contributed by atoms with Crippen LogP contribution in [0.3, 0.4) is 0 Å². The maximum atomic E-state index is 12.7. The molecule has 31 heavy (non-hydrogen) atoms. The monoisotopic (exact) mass is 480 g/mol. The van der Waals surface area contributed by atoms with Crippen molar-refractivity contribution in [2.24, 2.45) is 0 Å². The zero-order valence-electron chi connectivity index (χ0n) is 16.9. The number of halogens is 1. The third kappa shape index (κ3) is 6.79. The van der Waals surface area contributed by atoms with Crippen LogP contribution in [-0.4, -0.2) is 17.8 Å². The van der Waals surface area contributed by atoms with Gasteiger partial charge in [0.05, 0.1) is 11.4 Å². The molecule has 2 amide bonds. The number of benzene rings is 3. The Morgan fingerprint density at radius 2 is 1.58 bits per heavy atom. The van der Waals surface area contributed by atoms with E-state index in [1.54, 1.807) is 42.5 Å². The molecule has 0 saturated heterocycles. The van der Waals surface area contributed by atoms with Crippen molar-refractivity contribution in [3.05, 3.63) is 88.4 Å². The molecule has 158 valence electrons. The lowest BCUT2D eigenvalue weighted by Crippen LogP contribution is -2.17. The minimum absolute atomic E-state index is 0.154. The highest BCUT2D eigenvalue weighted by atomic mass is 79.9. The third-order valence-corrected chi connectivity index (χ3v) is 4.83. The number of ether oxygens (including phenoxy) is 1. The van der Waals surface area contributed by atoms with Crippen molar-refractivity contribution in [1.29, 1.82) is 0 Å². The molecule has 0 aromatic heterocycles. The predicted octanol–water partition coefficient (Wildman–Crippen LogP) is 5.20. The van der Waals surface area contributed by atoms with Gasteiger partial charge in [-0.05, 0) is 54.4 Å². The van der Waals surface area contributed by atoms with Gasteiger partial charge < -0.3 is 15.4 Å². The number of nitrogens with one attached hydrogen (secondary N) is 2. The molecule has 0 fully saturated rings. The van der Waals surface area contributed by atoms with Crippen molar-refractivity contribution >= 4 is 45.1 Å². The fourth-order valence-electron chi connectivity index (χ4n) is 2.93. The van der Waals surface area contributed by atoms with Gasteiger partial charge in [-0.15, -0.1) is 0 Å². The molecule has 0 heterocycles. The Labute approximate surface area is 188 Å². The first-order chi connectivity index (χ1) is 14.9. The molecule has 7 heteroatoms. The quantitative estimate of drug-likeness (QED) is 0.359. The van der Waals surface area contributed by atoms with E-state index < -0.39 is 5.97 Å². The van der Waals surface area contributed by atoms with E-state index in [2.05, 4.69) is 26.6 Å². The van der Waals surface area contributed by atoms with Crippen LogP contribution < -0.4 is 15.4 Å². The number of hydrogen-bond acceptors (Lipinski definition) is 4. The average molecular weight is 481 g/mol. The second-order valence-corrected chi connectivity index (χ2v) is 7.71. The number of carbonyl (C=O) groups is 3. The van der Waals surface area contributed by atoms with Gasteiger partial charge in [-0.25, -0.2) is 0 Å². The molecule has 0 bridgehead atoms. The third-order valence-electron chi connectivity index (χ3n) is 4.34. The Morgan fingerprint density at radius 3 is 2.29 bits per heavy atom. The first-order valence-corrected chi connectivity index (χ1v) is 10.4. The van der Waals surface area contributed by atoms with Gasteiger partial charge in [0.1, 0.15) is 5.75 Å². The fraction of sp³-hybridized carbons (Fsp3) is 0.125. The van der Waals surface area contributed by atoms with Crippen LogP contribution in [0.4, 0.5) is 11.4 Å². The molecule has 6 nitrogen and oxygen atoms in total.